The van der Waals surface area contributed by atoms with Gasteiger partial charge in [-0.05, 0) is 19.3 Å². The highest BCUT2D eigenvalue weighted by molar-refractivity contribution is 4.58. The maximum absolute atomic E-state index is 5.83. The molecule has 0 bridgehead atoms. The SMILES string of the molecule is CCCCCCCCOCCN1CCCOCCOCCOCCC1. The van der Waals surface area contributed by atoms with Crippen molar-refractivity contribution >= 4 is 0 Å². The predicted molar refractivity (Wildman–Crippen MR) is 102 cm³/mol. The van der Waals surface area contributed by atoms with Gasteiger partial charge in [0.2, 0.25) is 0 Å². The molecule has 0 aromatic carbocycles. The molecule has 1 aliphatic heterocycles. The normalized spacial score (nSPS) is 19.6. The van der Waals surface area contributed by atoms with Crippen LogP contribution in [0.4, 0.5) is 0 Å². The molecule has 150 valence electrons. The Bertz CT molecular complexity index is 252. The summed E-state index contributed by atoms with van der Waals surface area (Å²) in [7, 11) is 0. The average molecular weight is 360 g/mol. The Hall–Kier alpha value is -0.200. The molecule has 0 unspecified atom stereocenters. The summed E-state index contributed by atoms with van der Waals surface area (Å²) in [5.74, 6) is 0. The van der Waals surface area contributed by atoms with E-state index in [1.807, 2.05) is 0 Å². The summed E-state index contributed by atoms with van der Waals surface area (Å²) in [6, 6.07) is 0. The number of unbranched alkanes of at least 4 members (excludes halogenated alkanes) is 5. The zero-order chi connectivity index (χ0) is 17.8. The second-order valence-electron chi connectivity index (χ2n) is 6.77. The van der Waals surface area contributed by atoms with Crippen LogP contribution >= 0.6 is 0 Å². The third-order valence-corrected chi connectivity index (χ3v) is 4.46. The van der Waals surface area contributed by atoms with Crippen molar-refractivity contribution in [3.63, 3.8) is 0 Å². The summed E-state index contributed by atoms with van der Waals surface area (Å²) >= 11 is 0. The lowest BCUT2D eigenvalue weighted by molar-refractivity contribution is 0.00655. The molecule has 0 N–H and O–H groups in total. The molecule has 0 atom stereocenters. The van der Waals surface area contributed by atoms with E-state index in [4.69, 9.17) is 18.9 Å². The zero-order valence-electron chi connectivity index (χ0n) is 16.5. The molecule has 5 nitrogen and oxygen atoms in total. The standard InChI is InChI=1S/C20H41NO4/c1-2-3-4-5-6-7-13-22-16-12-21-10-8-14-23-17-19-25-20-18-24-15-9-11-21/h2-20H2,1H3. The van der Waals surface area contributed by atoms with Crippen LogP contribution in [-0.4, -0.2) is 77.4 Å². The van der Waals surface area contributed by atoms with E-state index in [9.17, 15) is 0 Å². The van der Waals surface area contributed by atoms with Crippen molar-refractivity contribution < 1.29 is 18.9 Å². The first-order valence-electron chi connectivity index (χ1n) is 10.5. The van der Waals surface area contributed by atoms with Crippen molar-refractivity contribution in [1.82, 2.24) is 4.90 Å². The zero-order valence-corrected chi connectivity index (χ0v) is 16.5. The average Bonchev–Trinajstić information content (AvgIpc) is 2.63. The molecule has 1 saturated heterocycles. The van der Waals surface area contributed by atoms with Crippen LogP contribution < -0.4 is 0 Å². The smallest absolute Gasteiger partial charge is 0.0701 e. The quantitative estimate of drug-likeness (QED) is 0.558. The molecule has 1 rings (SSSR count). The van der Waals surface area contributed by atoms with Gasteiger partial charge in [0, 0.05) is 39.5 Å². The molecule has 1 heterocycles. The topological polar surface area (TPSA) is 40.2 Å². The minimum Gasteiger partial charge on any atom is -0.380 e. The highest BCUT2D eigenvalue weighted by Crippen LogP contribution is 2.05. The largest absolute Gasteiger partial charge is 0.380 e. The summed E-state index contributed by atoms with van der Waals surface area (Å²) in [4.78, 5) is 2.48. The lowest BCUT2D eigenvalue weighted by atomic mass is 10.1. The number of hydrogen-bond donors (Lipinski definition) is 0. The van der Waals surface area contributed by atoms with Crippen LogP contribution in [0.2, 0.25) is 0 Å². The van der Waals surface area contributed by atoms with Crippen molar-refractivity contribution in [3.05, 3.63) is 0 Å². The van der Waals surface area contributed by atoms with Crippen molar-refractivity contribution in [2.24, 2.45) is 0 Å². The minimum atomic E-state index is 0.666. The van der Waals surface area contributed by atoms with Crippen LogP contribution in [0.25, 0.3) is 0 Å². The first-order chi connectivity index (χ1) is 12.4. The van der Waals surface area contributed by atoms with E-state index >= 15 is 0 Å². The molecular weight excluding hydrogens is 318 g/mol. The molecule has 5 heteroatoms. The Labute approximate surface area is 155 Å². The van der Waals surface area contributed by atoms with Crippen LogP contribution in [0.15, 0.2) is 0 Å². The number of nitrogens with zero attached hydrogens (tertiary/aromatic N) is 1. The van der Waals surface area contributed by atoms with Gasteiger partial charge in [0.15, 0.2) is 0 Å². The van der Waals surface area contributed by atoms with E-state index in [1.165, 1.54) is 38.5 Å². The molecule has 0 amide bonds. The molecule has 0 aromatic heterocycles. The van der Waals surface area contributed by atoms with Gasteiger partial charge in [0.05, 0.1) is 33.0 Å². The molecule has 0 aliphatic carbocycles. The van der Waals surface area contributed by atoms with E-state index < -0.39 is 0 Å². The summed E-state index contributed by atoms with van der Waals surface area (Å²) in [6.45, 7) is 11.5. The third kappa shape index (κ3) is 15.7. The Morgan fingerprint density at radius 2 is 1.24 bits per heavy atom. The van der Waals surface area contributed by atoms with E-state index in [0.29, 0.717) is 26.4 Å². The van der Waals surface area contributed by atoms with Gasteiger partial charge in [0.1, 0.15) is 0 Å². The Morgan fingerprint density at radius 3 is 1.88 bits per heavy atom. The third-order valence-electron chi connectivity index (χ3n) is 4.46. The number of ether oxygens (including phenoxy) is 4. The lowest BCUT2D eigenvalue weighted by Gasteiger charge is -2.22. The molecule has 0 spiro atoms. The van der Waals surface area contributed by atoms with Crippen molar-refractivity contribution in [2.45, 2.75) is 58.3 Å². The number of rotatable bonds is 10. The monoisotopic (exact) mass is 359 g/mol. The molecule has 0 aromatic rings. The molecule has 0 saturated carbocycles. The van der Waals surface area contributed by atoms with Gasteiger partial charge in [-0.3, -0.25) is 0 Å². The van der Waals surface area contributed by atoms with Crippen LogP contribution in [-0.2, 0) is 18.9 Å². The fourth-order valence-electron chi connectivity index (χ4n) is 2.94. The maximum atomic E-state index is 5.83. The van der Waals surface area contributed by atoms with Gasteiger partial charge < -0.3 is 23.8 Å². The fraction of sp³-hybridized carbons (Fsp3) is 1.00. The first-order valence-corrected chi connectivity index (χ1v) is 10.5. The highest BCUT2D eigenvalue weighted by Gasteiger charge is 2.06. The van der Waals surface area contributed by atoms with Crippen molar-refractivity contribution in [3.8, 4) is 0 Å². The minimum absolute atomic E-state index is 0.666. The first kappa shape index (κ1) is 22.8. The molecule has 1 fully saturated rings. The van der Waals surface area contributed by atoms with Gasteiger partial charge in [-0.2, -0.15) is 0 Å². The lowest BCUT2D eigenvalue weighted by Crippen LogP contribution is -2.31. The van der Waals surface area contributed by atoms with Crippen LogP contribution in [0.3, 0.4) is 0 Å². The second kappa shape index (κ2) is 18.6. The molecule has 0 radical (unpaired) electrons. The van der Waals surface area contributed by atoms with E-state index in [2.05, 4.69) is 11.8 Å². The Kier molecular flexibility index (Phi) is 17.0. The predicted octanol–water partition coefficient (Wildman–Crippen LogP) is 3.51. The fourth-order valence-corrected chi connectivity index (χ4v) is 2.94. The Morgan fingerprint density at radius 1 is 0.680 bits per heavy atom. The summed E-state index contributed by atoms with van der Waals surface area (Å²) in [6.07, 6.45) is 10.1. The van der Waals surface area contributed by atoms with Crippen LogP contribution in [0.5, 0.6) is 0 Å². The maximum Gasteiger partial charge on any atom is 0.0701 e. The van der Waals surface area contributed by atoms with Crippen molar-refractivity contribution in [2.75, 3.05) is 72.5 Å². The second-order valence-corrected chi connectivity index (χ2v) is 6.77. The van der Waals surface area contributed by atoms with E-state index in [1.54, 1.807) is 0 Å². The molecule has 25 heavy (non-hydrogen) atoms. The van der Waals surface area contributed by atoms with Gasteiger partial charge in [-0.25, -0.2) is 0 Å². The van der Waals surface area contributed by atoms with E-state index in [-0.39, 0.29) is 0 Å². The van der Waals surface area contributed by atoms with Crippen LogP contribution in [0, 0.1) is 0 Å². The van der Waals surface area contributed by atoms with Crippen LogP contribution in [0.1, 0.15) is 58.3 Å². The summed E-state index contributed by atoms with van der Waals surface area (Å²) in [5, 5.41) is 0. The summed E-state index contributed by atoms with van der Waals surface area (Å²) in [5.41, 5.74) is 0. The van der Waals surface area contributed by atoms with Gasteiger partial charge >= 0.3 is 0 Å². The molecular formula is C20H41NO4. The van der Waals surface area contributed by atoms with Crippen molar-refractivity contribution in [1.29, 1.82) is 0 Å². The van der Waals surface area contributed by atoms with Gasteiger partial charge in [-0.1, -0.05) is 39.0 Å². The number of hydrogen-bond acceptors (Lipinski definition) is 5. The van der Waals surface area contributed by atoms with E-state index in [0.717, 1.165) is 58.9 Å². The highest BCUT2D eigenvalue weighted by atomic mass is 16.5. The molecule has 1 aliphatic rings. The van der Waals surface area contributed by atoms with Gasteiger partial charge in [-0.15, -0.1) is 0 Å². The van der Waals surface area contributed by atoms with Gasteiger partial charge in [0.25, 0.3) is 0 Å². The summed E-state index contributed by atoms with van der Waals surface area (Å²) < 4.78 is 22.5. The Balaban J connectivity index is 2.04.